The lowest BCUT2D eigenvalue weighted by Gasteiger charge is -2.21. The third kappa shape index (κ3) is 2.92. The van der Waals surface area contributed by atoms with E-state index in [1.165, 1.54) is 14.2 Å². The van der Waals surface area contributed by atoms with Crippen LogP contribution in [0.15, 0.2) is 0 Å². The molecule has 0 amide bonds. The molecule has 0 N–H and O–H groups in total. The number of methoxy groups -OCH3 is 2. The molecule has 1 atom stereocenters. The van der Waals surface area contributed by atoms with Gasteiger partial charge in [0.25, 0.3) is 4.52 Å². The normalized spacial score (nSPS) is 15.7. The fraction of sp³-hybridized carbons (Fsp3) is 1.00. The number of ether oxygens (including phenoxy) is 2. The Labute approximate surface area is 69.0 Å². The van der Waals surface area contributed by atoms with Crippen molar-refractivity contribution in [3.05, 3.63) is 0 Å². The summed E-state index contributed by atoms with van der Waals surface area (Å²) in [4.78, 5) is 0. The van der Waals surface area contributed by atoms with Gasteiger partial charge in [0.15, 0.2) is 5.56 Å². The Balaban J connectivity index is 3.80. The summed E-state index contributed by atoms with van der Waals surface area (Å²) in [6, 6.07) is 0. The lowest BCUT2D eigenvalue weighted by Crippen LogP contribution is -2.29. The van der Waals surface area contributed by atoms with Crippen molar-refractivity contribution in [2.75, 3.05) is 14.2 Å². The molecule has 56 valence electrons. The van der Waals surface area contributed by atoms with Crippen LogP contribution >= 0.6 is 34.8 Å². The van der Waals surface area contributed by atoms with Crippen LogP contribution in [0.2, 0.25) is 0 Å². The van der Waals surface area contributed by atoms with Crippen molar-refractivity contribution in [2.45, 2.75) is 10.1 Å². The van der Waals surface area contributed by atoms with Crippen LogP contribution in [-0.4, -0.2) is 24.3 Å². The van der Waals surface area contributed by atoms with Gasteiger partial charge < -0.3 is 9.47 Å². The molecule has 0 aromatic heterocycles. The first-order valence-electron chi connectivity index (χ1n) is 2.14. The monoisotopic (exact) mass is 192 g/mol. The lowest BCUT2D eigenvalue weighted by atomic mass is 10.7. The third-order valence-corrected chi connectivity index (χ3v) is 2.16. The molecular formula is C4H7Cl3O2. The molecule has 0 fully saturated rings. The fourth-order valence-electron chi connectivity index (χ4n) is 0.230. The molecular weight excluding hydrogens is 186 g/mol. The minimum absolute atomic E-state index is 0.856. The summed E-state index contributed by atoms with van der Waals surface area (Å²) < 4.78 is 7.68. The van der Waals surface area contributed by atoms with E-state index in [0.29, 0.717) is 0 Å². The molecule has 5 heteroatoms. The molecule has 0 radical (unpaired) electrons. The van der Waals surface area contributed by atoms with Crippen molar-refractivity contribution in [1.82, 2.24) is 0 Å². The van der Waals surface area contributed by atoms with E-state index < -0.39 is 10.1 Å². The molecule has 0 bridgehead atoms. The molecule has 0 saturated heterocycles. The van der Waals surface area contributed by atoms with Gasteiger partial charge in [-0.2, -0.15) is 0 Å². The second-order valence-corrected chi connectivity index (χ2v) is 3.03. The summed E-state index contributed by atoms with van der Waals surface area (Å²) in [5.74, 6) is 0. The summed E-state index contributed by atoms with van der Waals surface area (Å²) in [7, 11) is 2.73. The maximum atomic E-state index is 5.46. The zero-order chi connectivity index (χ0) is 7.49. The van der Waals surface area contributed by atoms with Gasteiger partial charge >= 0.3 is 0 Å². The van der Waals surface area contributed by atoms with Gasteiger partial charge in [-0.3, -0.25) is 0 Å². The molecule has 9 heavy (non-hydrogen) atoms. The number of rotatable bonds is 3. The molecule has 0 saturated carbocycles. The Kier molecular flexibility index (Phi) is 4.17. The first kappa shape index (κ1) is 9.79. The van der Waals surface area contributed by atoms with E-state index >= 15 is 0 Å². The van der Waals surface area contributed by atoms with Gasteiger partial charge in [0.2, 0.25) is 0 Å². The summed E-state index contributed by atoms with van der Waals surface area (Å²) in [6.07, 6.45) is 0. The van der Waals surface area contributed by atoms with Gasteiger partial charge in [-0.25, -0.2) is 0 Å². The minimum Gasteiger partial charge on any atom is -0.360 e. The van der Waals surface area contributed by atoms with Crippen molar-refractivity contribution >= 4 is 34.8 Å². The number of hydrogen-bond acceptors (Lipinski definition) is 2. The first-order valence-corrected chi connectivity index (χ1v) is 3.33. The van der Waals surface area contributed by atoms with E-state index in [0.717, 1.165) is 0 Å². The van der Waals surface area contributed by atoms with Crippen LogP contribution in [0.5, 0.6) is 0 Å². The Morgan fingerprint density at radius 2 is 1.78 bits per heavy atom. The Morgan fingerprint density at radius 3 is 1.89 bits per heavy atom. The standard InChI is InChI=1S/C4H7Cl3O2/c1-8-3(5)4(6,7)9-2/h3H,1-2H3. The first-order chi connectivity index (χ1) is 4.04. The summed E-state index contributed by atoms with van der Waals surface area (Å²) >= 11 is 16.4. The lowest BCUT2D eigenvalue weighted by molar-refractivity contribution is 0.0266. The van der Waals surface area contributed by atoms with Crippen molar-refractivity contribution in [3.8, 4) is 0 Å². The quantitative estimate of drug-likeness (QED) is 0.638. The van der Waals surface area contributed by atoms with Crippen molar-refractivity contribution in [2.24, 2.45) is 0 Å². The smallest absolute Gasteiger partial charge is 0.258 e. The highest BCUT2D eigenvalue weighted by molar-refractivity contribution is 6.50. The second kappa shape index (κ2) is 3.84. The molecule has 0 heterocycles. The Bertz CT molecular complexity index is 85.9. The number of halogens is 3. The Hall–Kier alpha value is 0.790. The van der Waals surface area contributed by atoms with E-state index in [2.05, 4.69) is 9.47 Å². The summed E-state index contributed by atoms with van der Waals surface area (Å²) in [5.41, 5.74) is -0.856. The topological polar surface area (TPSA) is 18.5 Å². The predicted molar refractivity (Wildman–Crippen MR) is 38.1 cm³/mol. The van der Waals surface area contributed by atoms with Gasteiger partial charge in [-0.05, 0) is 0 Å². The highest BCUT2D eigenvalue weighted by Gasteiger charge is 2.33. The molecule has 0 spiro atoms. The molecule has 0 aliphatic carbocycles. The zero-order valence-corrected chi connectivity index (χ0v) is 7.30. The molecule has 0 aromatic carbocycles. The SMILES string of the molecule is COC(Cl)C(Cl)(Cl)OC. The van der Waals surface area contributed by atoms with Crippen molar-refractivity contribution in [1.29, 1.82) is 0 Å². The average Bonchev–Trinajstić information content (AvgIpc) is 1.86. The maximum absolute atomic E-state index is 5.46. The summed E-state index contributed by atoms with van der Waals surface area (Å²) in [6.45, 7) is 0. The van der Waals surface area contributed by atoms with E-state index in [9.17, 15) is 0 Å². The Morgan fingerprint density at radius 1 is 1.33 bits per heavy atom. The van der Waals surface area contributed by atoms with Crippen LogP contribution in [0.25, 0.3) is 0 Å². The van der Waals surface area contributed by atoms with Crippen LogP contribution in [0.1, 0.15) is 0 Å². The van der Waals surface area contributed by atoms with E-state index in [-0.39, 0.29) is 0 Å². The van der Waals surface area contributed by atoms with E-state index in [1.807, 2.05) is 0 Å². The van der Waals surface area contributed by atoms with E-state index in [4.69, 9.17) is 34.8 Å². The van der Waals surface area contributed by atoms with Gasteiger partial charge in [-0.1, -0.05) is 34.8 Å². The van der Waals surface area contributed by atoms with Gasteiger partial charge in [0.1, 0.15) is 0 Å². The van der Waals surface area contributed by atoms with Crippen LogP contribution < -0.4 is 0 Å². The molecule has 1 unspecified atom stereocenters. The van der Waals surface area contributed by atoms with Gasteiger partial charge in [-0.15, -0.1) is 0 Å². The van der Waals surface area contributed by atoms with Gasteiger partial charge in [0.05, 0.1) is 0 Å². The summed E-state index contributed by atoms with van der Waals surface area (Å²) in [5, 5.41) is 0. The zero-order valence-electron chi connectivity index (χ0n) is 5.03. The second-order valence-electron chi connectivity index (χ2n) is 1.32. The predicted octanol–water partition coefficient (Wildman–Crippen LogP) is 1.98. The van der Waals surface area contributed by atoms with Crippen molar-refractivity contribution in [3.63, 3.8) is 0 Å². The molecule has 0 aliphatic heterocycles. The van der Waals surface area contributed by atoms with Crippen molar-refractivity contribution < 1.29 is 9.47 Å². The molecule has 0 rings (SSSR count). The molecule has 0 aromatic rings. The highest BCUT2D eigenvalue weighted by atomic mass is 35.5. The number of alkyl halides is 3. The average molecular weight is 193 g/mol. The largest absolute Gasteiger partial charge is 0.360 e. The molecule has 2 nitrogen and oxygen atoms in total. The van der Waals surface area contributed by atoms with Gasteiger partial charge in [0, 0.05) is 14.2 Å². The number of hydrogen-bond donors (Lipinski definition) is 0. The van der Waals surface area contributed by atoms with Crippen LogP contribution in [0.3, 0.4) is 0 Å². The van der Waals surface area contributed by atoms with Crippen LogP contribution in [-0.2, 0) is 9.47 Å². The van der Waals surface area contributed by atoms with Crippen LogP contribution in [0.4, 0.5) is 0 Å². The minimum atomic E-state index is -1.46. The van der Waals surface area contributed by atoms with E-state index in [1.54, 1.807) is 0 Å². The highest BCUT2D eigenvalue weighted by Crippen LogP contribution is 2.29. The maximum Gasteiger partial charge on any atom is 0.258 e. The third-order valence-electron chi connectivity index (χ3n) is 0.743. The molecule has 0 aliphatic rings. The fourth-order valence-corrected chi connectivity index (χ4v) is 0.497. The van der Waals surface area contributed by atoms with Crippen LogP contribution in [0, 0.1) is 0 Å².